The second-order valence-electron chi connectivity index (χ2n) is 3.73. The summed E-state index contributed by atoms with van der Waals surface area (Å²) in [5, 5.41) is 10.8. The zero-order valence-electron chi connectivity index (χ0n) is 11.9. The number of nitro groups is 1. The van der Waals surface area contributed by atoms with Gasteiger partial charge in [-0.05, 0) is 17.1 Å². The number of hydrogen-bond donors (Lipinski definition) is 0. The van der Waals surface area contributed by atoms with Gasteiger partial charge < -0.3 is 14.9 Å². The van der Waals surface area contributed by atoms with Crippen LogP contribution < -0.4 is 4.74 Å². The Morgan fingerprint density at radius 1 is 1.30 bits per heavy atom. The molecule has 6 nitrogen and oxygen atoms in total. The van der Waals surface area contributed by atoms with Crippen LogP contribution in [0.15, 0.2) is 36.5 Å². The molecule has 1 aromatic heterocycles. The molecule has 0 aliphatic heterocycles. The smallest absolute Gasteiger partial charge is 0.342 e. The molecule has 1 heterocycles. The summed E-state index contributed by atoms with van der Waals surface area (Å²) in [5.74, 6) is 1.35. The Balaban J connectivity index is 0.000000956. The van der Waals surface area contributed by atoms with Gasteiger partial charge in [-0.2, -0.15) is 0 Å². The van der Waals surface area contributed by atoms with Crippen molar-refractivity contribution in [1.82, 2.24) is 9.55 Å². The lowest BCUT2D eigenvalue weighted by Crippen LogP contribution is -2.11. The summed E-state index contributed by atoms with van der Waals surface area (Å²) in [7, 11) is 0. The Hall–Kier alpha value is -2.37. The van der Waals surface area contributed by atoms with E-state index in [1.54, 1.807) is 6.92 Å². The van der Waals surface area contributed by atoms with Crippen LogP contribution in [0.2, 0.25) is 0 Å². The first-order valence-electron chi connectivity index (χ1n) is 6.53. The van der Waals surface area contributed by atoms with Crippen molar-refractivity contribution >= 4 is 5.82 Å². The fourth-order valence-corrected chi connectivity index (χ4v) is 1.65. The van der Waals surface area contributed by atoms with Crippen LogP contribution in [0, 0.1) is 17.0 Å². The minimum absolute atomic E-state index is 0.0100. The molecule has 2 rings (SSSR count). The van der Waals surface area contributed by atoms with Crippen LogP contribution in [0.1, 0.15) is 19.7 Å². The van der Waals surface area contributed by atoms with Crippen molar-refractivity contribution in [2.45, 2.75) is 27.3 Å². The van der Waals surface area contributed by atoms with Gasteiger partial charge in [-0.3, -0.25) is 0 Å². The van der Waals surface area contributed by atoms with Gasteiger partial charge in [0.15, 0.2) is 5.82 Å². The van der Waals surface area contributed by atoms with Crippen LogP contribution in [0.5, 0.6) is 5.75 Å². The maximum absolute atomic E-state index is 10.8. The van der Waals surface area contributed by atoms with Gasteiger partial charge in [0.05, 0.1) is 0 Å². The average Bonchev–Trinajstić information content (AvgIpc) is 2.84. The zero-order valence-corrected chi connectivity index (χ0v) is 11.9. The van der Waals surface area contributed by atoms with Crippen molar-refractivity contribution in [2.24, 2.45) is 0 Å². The number of para-hydroxylation sites is 1. The molecule has 0 radical (unpaired) electrons. The molecule has 0 atom stereocenters. The predicted octanol–water partition coefficient (Wildman–Crippen LogP) is 3.20. The van der Waals surface area contributed by atoms with Gasteiger partial charge in [0.1, 0.15) is 25.1 Å². The molecule has 0 amide bonds. The van der Waals surface area contributed by atoms with E-state index >= 15 is 0 Å². The molecule has 0 saturated heterocycles. The first kappa shape index (κ1) is 15.7. The van der Waals surface area contributed by atoms with Gasteiger partial charge in [0.25, 0.3) is 0 Å². The highest BCUT2D eigenvalue weighted by Gasteiger charge is 2.16. The van der Waals surface area contributed by atoms with Gasteiger partial charge in [0, 0.05) is 6.92 Å². The van der Waals surface area contributed by atoms with Gasteiger partial charge >= 0.3 is 5.82 Å². The van der Waals surface area contributed by atoms with Crippen molar-refractivity contribution < 1.29 is 9.66 Å². The number of rotatable bonds is 5. The molecule has 0 aliphatic carbocycles. The van der Waals surface area contributed by atoms with E-state index in [-0.39, 0.29) is 5.82 Å². The van der Waals surface area contributed by atoms with E-state index in [4.69, 9.17) is 4.74 Å². The Kier molecular flexibility index (Phi) is 6.22. The summed E-state index contributed by atoms with van der Waals surface area (Å²) in [6, 6.07) is 9.34. The van der Waals surface area contributed by atoms with E-state index in [1.807, 2.05) is 44.2 Å². The minimum atomic E-state index is -0.442. The number of ether oxygens (including phenoxy) is 1. The van der Waals surface area contributed by atoms with Gasteiger partial charge in [-0.15, -0.1) is 0 Å². The van der Waals surface area contributed by atoms with Crippen molar-refractivity contribution in [3.63, 3.8) is 0 Å². The van der Waals surface area contributed by atoms with Crippen LogP contribution in [-0.4, -0.2) is 21.1 Å². The molecule has 0 aliphatic rings. The summed E-state index contributed by atoms with van der Waals surface area (Å²) in [6.45, 7) is 6.49. The van der Waals surface area contributed by atoms with Crippen molar-refractivity contribution in [2.75, 3.05) is 6.61 Å². The first-order valence-corrected chi connectivity index (χ1v) is 6.53. The summed E-state index contributed by atoms with van der Waals surface area (Å²) in [5.41, 5.74) is 0. The Bertz CT molecular complexity index is 538. The van der Waals surface area contributed by atoms with Gasteiger partial charge in [-0.1, -0.05) is 32.0 Å². The van der Waals surface area contributed by atoms with E-state index in [2.05, 4.69) is 4.98 Å². The second kappa shape index (κ2) is 7.93. The van der Waals surface area contributed by atoms with Crippen molar-refractivity contribution in [3.05, 3.63) is 52.5 Å². The second-order valence-corrected chi connectivity index (χ2v) is 3.73. The predicted molar refractivity (Wildman–Crippen MR) is 76.9 cm³/mol. The molecule has 0 saturated carbocycles. The van der Waals surface area contributed by atoms with E-state index in [9.17, 15) is 10.1 Å². The third-order valence-corrected chi connectivity index (χ3v) is 2.55. The number of aromatic nitrogens is 2. The van der Waals surface area contributed by atoms with Crippen LogP contribution >= 0.6 is 0 Å². The van der Waals surface area contributed by atoms with E-state index in [1.165, 1.54) is 10.8 Å². The topological polar surface area (TPSA) is 70.2 Å². The summed E-state index contributed by atoms with van der Waals surface area (Å²) >= 11 is 0. The molecule has 0 N–H and O–H groups in total. The van der Waals surface area contributed by atoms with Crippen LogP contribution in [0.4, 0.5) is 5.82 Å². The van der Waals surface area contributed by atoms with Crippen LogP contribution in [-0.2, 0) is 6.54 Å². The lowest BCUT2D eigenvalue weighted by Gasteiger charge is -2.06. The van der Waals surface area contributed by atoms with Gasteiger partial charge in [-0.25, -0.2) is 9.55 Å². The third kappa shape index (κ3) is 4.08. The van der Waals surface area contributed by atoms with E-state index in [0.717, 1.165) is 5.75 Å². The van der Waals surface area contributed by atoms with Gasteiger partial charge in [0.2, 0.25) is 0 Å². The molecular weight excluding hydrogens is 258 g/mol. The molecule has 20 heavy (non-hydrogen) atoms. The van der Waals surface area contributed by atoms with E-state index in [0.29, 0.717) is 19.0 Å². The zero-order chi connectivity index (χ0) is 15.0. The summed E-state index contributed by atoms with van der Waals surface area (Å²) < 4.78 is 7.03. The highest BCUT2D eigenvalue weighted by atomic mass is 16.6. The van der Waals surface area contributed by atoms with Crippen LogP contribution in [0.25, 0.3) is 0 Å². The van der Waals surface area contributed by atoms with Crippen molar-refractivity contribution in [1.29, 1.82) is 0 Å². The number of aryl methyl sites for hydroxylation is 1. The monoisotopic (exact) mass is 277 g/mol. The fourth-order valence-electron chi connectivity index (χ4n) is 1.65. The fraction of sp³-hybridized carbons (Fsp3) is 0.357. The number of nitrogens with zero attached hydrogens (tertiary/aromatic N) is 3. The minimum Gasteiger partial charge on any atom is -0.489 e. The average molecular weight is 277 g/mol. The molecule has 108 valence electrons. The Morgan fingerprint density at radius 3 is 2.55 bits per heavy atom. The lowest BCUT2D eigenvalue weighted by atomic mass is 10.3. The third-order valence-electron chi connectivity index (χ3n) is 2.55. The SMILES string of the molecule is CC.Cc1ncc([N+](=O)[O-])n1CCOc1ccccc1. The largest absolute Gasteiger partial charge is 0.489 e. The highest BCUT2D eigenvalue weighted by Crippen LogP contribution is 2.14. The molecular formula is C14H19N3O3. The number of imidazole rings is 1. The molecule has 0 fully saturated rings. The van der Waals surface area contributed by atoms with Crippen molar-refractivity contribution in [3.8, 4) is 5.75 Å². The highest BCUT2D eigenvalue weighted by molar-refractivity contribution is 5.21. The first-order chi connectivity index (χ1) is 9.68. The molecule has 1 aromatic carbocycles. The molecule has 0 spiro atoms. The summed E-state index contributed by atoms with van der Waals surface area (Å²) in [4.78, 5) is 14.3. The molecule has 0 bridgehead atoms. The van der Waals surface area contributed by atoms with Crippen LogP contribution in [0.3, 0.4) is 0 Å². The molecule has 0 unspecified atom stereocenters. The maximum Gasteiger partial charge on any atom is 0.342 e. The number of hydrogen-bond acceptors (Lipinski definition) is 4. The number of benzene rings is 1. The maximum atomic E-state index is 10.8. The summed E-state index contributed by atoms with van der Waals surface area (Å²) in [6.07, 6.45) is 1.26. The normalized spacial score (nSPS) is 9.55. The molecule has 6 heteroatoms. The molecule has 2 aromatic rings. The lowest BCUT2D eigenvalue weighted by molar-refractivity contribution is -0.392. The standard InChI is InChI=1S/C12H13N3O3.C2H6/c1-10-13-9-12(15(16)17)14(10)7-8-18-11-5-3-2-4-6-11;1-2/h2-6,9H,7-8H2,1H3;1-2H3. The Morgan fingerprint density at radius 2 is 1.95 bits per heavy atom. The van der Waals surface area contributed by atoms with E-state index < -0.39 is 4.92 Å². The Labute approximate surface area is 118 Å². The quantitative estimate of drug-likeness (QED) is 0.621.